The fourth-order valence-corrected chi connectivity index (χ4v) is 3.83. The summed E-state index contributed by atoms with van der Waals surface area (Å²) in [5, 5.41) is 12.0. The first-order valence-electron chi connectivity index (χ1n) is 11.7. The molecule has 1 saturated heterocycles. The summed E-state index contributed by atoms with van der Waals surface area (Å²) in [6.07, 6.45) is 2.83. The van der Waals surface area contributed by atoms with Gasteiger partial charge in [-0.3, -0.25) is 14.5 Å². The molecule has 2 rings (SSSR count). The van der Waals surface area contributed by atoms with Gasteiger partial charge in [-0.15, -0.1) is 0 Å². The first-order valence-corrected chi connectivity index (χ1v) is 11.7. The summed E-state index contributed by atoms with van der Waals surface area (Å²) in [5.41, 5.74) is 3.14. The minimum absolute atomic E-state index is 0.00168. The van der Waals surface area contributed by atoms with E-state index in [0.29, 0.717) is 32.7 Å². The van der Waals surface area contributed by atoms with Crippen LogP contribution in [0.5, 0.6) is 0 Å². The van der Waals surface area contributed by atoms with Gasteiger partial charge in [-0.05, 0) is 83.3 Å². The maximum absolute atomic E-state index is 13.1. The molecule has 1 aromatic rings. The molecule has 0 bridgehead atoms. The summed E-state index contributed by atoms with van der Waals surface area (Å²) in [6, 6.07) is 8.10. The molecule has 176 valence electrons. The molecule has 32 heavy (non-hydrogen) atoms. The smallest absolute Gasteiger partial charge is 0.241 e. The summed E-state index contributed by atoms with van der Waals surface area (Å²) in [4.78, 5) is 29.3. The van der Waals surface area contributed by atoms with Gasteiger partial charge >= 0.3 is 0 Å². The highest BCUT2D eigenvalue weighted by Gasteiger charge is 2.27. The number of ether oxygens (including phenoxy) is 1. The second kappa shape index (κ2) is 13.2. The molecule has 1 aliphatic heterocycles. The fourth-order valence-electron chi connectivity index (χ4n) is 3.83. The van der Waals surface area contributed by atoms with Crippen LogP contribution in [0.4, 0.5) is 5.69 Å². The Labute approximate surface area is 192 Å². The summed E-state index contributed by atoms with van der Waals surface area (Å²) >= 11 is 0. The van der Waals surface area contributed by atoms with Crippen LogP contribution in [0.15, 0.2) is 18.2 Å². The van der Waals surface area contributed by atoms with Crippen molar-refractivity contribution in [1.82, 2.24) is 10.2 Å². The highest BCUT2D eigenvalue weighted by molar-refractivity contribution is 5.95. The zero-order valence-electron chi connectivity index (χ0n) is 20.0. The molecule has 0 aromatic heterocycles. The molecular formula is C25H38N4O3. The fraction of sp³-hybridized carbons (Fsp3) is 0.640. The van der Waals surface area contributed by atoms with E-state index in [4.69, 9.17) is 10.00 Å². The van der Waals surface area contributed by atoms with Crippen LogP contribution in [0, 0.1) is 31.1 Å². The van der Waals surface area contributed by atoms with E-state index in [-0.39, 0.29) is 23.8 Å². The topological polar surface area (TPSA) is 85.7 Å². The van der Waals surface area contributed by atoms with E-state index in [1.165, 1.54) is 5.56 Å². The van der Waals surface area contributed by atoms with Crippen molar-refractivity contribution in [2.45, 2.75) is 59.5 Å². The number of hydrogen-bond acceptors (Lipinski definition) is 5. The predicted octanol–water partition coefficient (Wildman–Crippen LogP) is 3.19. The van der Waals surface area contributed by atoms with Gasteiger partial charge in [-0.2, -0.15) is 5.26 Å². The van der Waals surface area contributed by atoms with Crippen LogP contribution in [-0.4, -0.2) is 62.1 Å². The highest BCUT2D eigenvalue weighted by Crippen LogP contribution is 2.21. The number of benzene rings is 1. The average Bonchev–Trinajstić information content (AvgIpc) is 2.76. The van der Waals surface area contributed by atoms with Crippen LogP contribution in [0.1, 0.15) is 50.7 Å². The first kappa shape index (κ1) is 25.8. The van der Waals surface area contributed by atoms with E-state index < -0.39 is 0 Å². The second-order valence-corrected chi connectivity index (χ2v) is 8.84. The van der Waals surface area contributed by atoms with Crippen LogP contribution in [0.2, 0.25) is 0 Å². The number of anilines is 1. The molecule has 0 saturated carbocycles. The first-order chi connectivity index (χ1) is 15.3. The van der Waals surface area contributed by atoms with Crippen molar-refractivity contribution in [3.63, 3.8) is 0 Å². The van der Waals surface area contributed by atoms with Gasteiger partial charge in [0.05, 0.1) is 25.1 Å². The maximum atomic E-state index is 13.1. The van der Waals surface area contributed by atoms with E-state index in [1.807, 2.05) is 45.9 Å². The molecule has 7 heteroatoms. The molecule has 1 aliphatic rings. The van der Waals surface area contributed by atoms with Gasteiger partial charge in [0.2, 0.25) is 11.8 Å². The SMILES string of the molecule is Cc1ccc(N(CCC#N)C(=O)CN2CCC(C(=O)NCCCOC(C)C)CC2)cc1C. The minimum atomic E-state index is -0.00319. The number of rotatable bonds is 11. The van der Waals surface area contributed by atoms with Gasteiger partial charge in [-0.25, -0.2) is 0 Å². The molecule has 0 atom stereocenters. The van der Waals surface area contributed by atoms with Crippen molar-refractivity contribution < 1.29 is 14.3 Å². The number of carbonyl (C=O) groups excluding carboxylic acids is 2. The molecular weight excluding hydrogens is 404 g/mol. The molecule has 1 aromatic carbocycles. The largest absolute Gasteiger partial charge is 0.379 e. The van der Waals surface area contributed by atoms with Crippen LogP contribution in [0.3, 0.4) is 0 Å². The summed E-state index contributed by atoms with van der Waals surface area (Å²) in [6.45, 7) is 11.5. The second-order valence-electron chi connectivity index (χ2n) is 8.84. The van der Waals surface area contributed by atoms with E-state index >= 15 is 0 Å². The van der Waals surface area contributed by atoms with Crippen molar-refractivity contribution >= 4 is 17.5 Å². The lowest BCUT2D eigenvalue weighted by molar-refractivity contribution is -0.126. The van der Waals surface area contributed by atoms with Gasteiger partial charge in [0.15, 0.2) is 0 Å². The molecule has 0 radical (unpaired) electrons. The third kappa shape index (κ3) is 8.25. The van der Waals surface area contributed by atoms with Crippen LogP contribution in [0.25, 0.3) is 0 Å². The summed E-state index contributed by atoms with van der Waals surface area (Å²) in [5.74, 6) is 0.102. The number of carbonyl (C=O) groups is 2. The van der Waals surface area contributed by atoms with Crippen molar-refractivity contribution in [3.05, 3.63) is 29.3 Å². The molecule has 2 amide bonds. The third-order valence-electron chi connectivity index (χ3n) is 5.94. The Hall–Kier alpha value is -2.43. The standard InChI is InChI=1S/C25H38N4O3/c1-19(2)32-16-6-12-27-25(31)22-9-14-28(15-10-22)18-24(30)29(13-5-11-26)23-8-7-20(3)21(4)17-23/h7-8,17,19,22H,5-6,9-10,12-16,18H2,1-4H3,(H,27,31). The Morgan fingerprint density at radius 3 is 2.59 bits per heavy atom. The van der Waals surface area contributed by atoms with Gasteiger partial charge in [0.25, 0.3) is 0 Å². The van der Waals surface area contributed by atoms with Gasteiger partial charge < -0.3 is 15.0 Å². The molecule has 0 aliphatic carbocycles. The number of nitrogens with zero attached hydrogens (tertiary/aromatic N) is 3. The van der Waals surface area contributed by atoms with Crippen molar-refractivity contribution in [2.24, 2.45) is 5.92 Å². The number of nitriles is 1. The zero-order valence-corrected chi connectivity index (χ0v) is 20.0. The molecule has 0 spiro atoms. The van der Waals surface area contributed by atoms with E-state index in [0.717, 1.165) is 43.6 Å². The Morgan fingerprint density at radius 1 is 1.25 bits per heavy atom. The van der Waals surface area contributed by atoms with Crippen molar-refractivity contribution in [3.8, 4) is 6.07 Å². The average molecular weight is 443 g/mol. The lowest BCUT2D eigenvalue weighted by Crippen LogP contribution is -2.46. The number of hydrogen-bond donors (Lipinski definition) is 1. The van der Waals surface area contributed by atoms with Gasteiger partial charge in [0.1, 0.15) is 0 Å². The Morgan fingerprint density at radius 2 is 1.97 bits per heavy atom. The Balaban J connectivity index is 1.82. The molecule has 7 nitrogen and oxygen atoms in total. The van der Waals surface area contributed by atoms with E-state index in [1.54, 1.807) is 4.90 Å². The number of piperidine rings is 1. The normalized spacial score (nSPS) is 14.9. The summed E-state index contributed by atoms with van der Waals surface area (Å²) < 4.78 is 5.50. The van der Waals surface area contributed by atoms with E-state index in [9.17, 15) is 9.59 Å². The van der Waals surface area contributed by atoms with Crippen molar-refractivity contribution in [2.75, 3.05) is 44.2 Å². The van der Waals surface area contributed by atoms with Crippen LogP contribution < -0.4 is 10.2 Å². The summed E-state index contributed by atoms with van der Waals surface area (Å²) in [7, 11) is 0. The van der Waals surface area contributed by atoms with Gasteiger partial charge in [0, 0.05) is 31.3 Å². The molecule has 0 unspecified atom stereocenters. The zero-order chi connectivity index (χ0) is 23.5. The molecule has 1 heterocycles. The Kier molecular flexibility index (Phi) is 10.6. The maximum Gasteiger partial charge on any atom is 0.241 e. The highest BCUT2D eigenvalue weighted by atomic mass is 16.5. The van der Waals surface area contributed by atoms with Crippen LogP contribution in [-0.2, 0) is 14.3 Å². The minimum Gasteiger partial charge on any atom is -0.379 e. The Bertz CT molecular complexity index is 795. The molecule has 1 fully saturated rings. The molecule has 1 N–H and O–H groups in total. The third-order valence-corrected chi connectivity index (χ3v) is 5.94. The van der Waals surface area contributed by atoms with Crippen molar-refractivity contribution in [1.29, 1.82) is 5.26 Å². The quantitative estimate of drug-likeness (QED) is 0.532. The van der Waals surface area contributed by atoms with Gasteiger partial charge in [-0.1, -0.05) is 6.07 Å². The lowest BCUT2D eigenvalue weighted by Gasteiger charge is -2.32. The van der Waals surface area contributed by atoms with Crippen LogP contribution >= 0.6 is 0 Å². The monoisotopic (exact) mass is 442 g/mol. The predicted molar refractivity (Wildman–Crippen MR) is 126 cm³/mol. The number of aryl methyl sites for hydroxylation is 2. The lowest BCUT2D eigenvalue weighted by atomic mass is 9.96. The number of nitrogens with one attached hydrogen (secondary N) is 1. The number of amides is 2. The number of likely N-dealkylation sites (tertiary alicyclic amines) is 1. The van der Waals surface area contributed by atoms with E-state index in [2.05, 4.69) is 16.3 Å².